The molecule has 1 aromatic carbocycles. The fourth-order valence-corrected chi connectivity index (χ4v) is 4.67. The lowest BCUT2D eigenvalue weighted by molar-refractivity contribution is -0.118. The smallest absolute Gasteiger partial charge is 0.341 e. The zero-order valence-corrected chi connectivity index (χ0v) is 17.3. The molecule has 2 aromatic heterocycles. The number of esters is 1. The molecule has 0 saturated heterocycles. The van der Waals surface area contributed by atoms with Crippen LogP contribution in [-0.2, 0) is 22.4 Å². The van der Waals surface area contributed by atoms with Crippen LogP contribution in [0.5, 0.6) is 5.75 Å². The Morgan fingerprint density at radius 3 is 2.93 bits per heavy atom. The summed E-state index contributed by atoms with van der Waals surface area (Å²) in [4.78, 5) is 26.2. The first-order valence-corrected chi connectivity index (χ1v) is 10.5. The van der Waals surface area contributed by atoms with E-state index in [9.17, 15) is 9.59 Å². The van der Waals surface area contributed by atoms with Gasteiger partial charge >= 0.3 is 5.97 Å². The Hall–Kier alpha value is -3.27. The van der Waals surface area contributed by atoms with E-state index in [2.05, 4.69) is 20.8 Å². The Morgan fingerprint density at radius 2 is 2.13 bits per heavy atom. The van der Waals surface area contributed by atoms with Crippen LogP contribution in [0.25, 0.3) is 5.69 Å². The maximum Gasteiger partial charge on any atom is 0.341 e. The number of carbonyl (C=O) groups is 2. The lowest BCUT2D eigenvalue weighted by atomic mass is 9.95. The van der Waals surface area contributed by atoms with Gasteiger partial charge in [-0.1, -0.05) is 6.07 Å². The number of ether oxygens (including phenoxy) is 2. The third-order valence-electron chi connectivity index (χ3n) is 4.70. The second-order valence-corrected chi connectivity index (χ2v) is 7.83. The molecule has 30 heavy (non-hydrogen) atoms. The molecule has 9 nitrogen and oxygen atoms in total. The molecule has 0 unspecified atom stereocenters. The molecule has 4 rings (SSSR count). The minimum absolute atomic E-state index is 0.191. The van der Waals surface area contributed by atoms with Crippen molar-refractivity contribution in [2.75, 3.05) is 18.5 Å². The number of fused-ring (bicyclic) bond motifs is 1. The molecule has 1 aliphatic carbocycles. The second kappa shape index (κ2) is 9.04. The summed E-state index contributed by atoms with van der Waals surface area (Å²) in [6.45, 7) is 1.87. The van der Waals surface area contributed by atoms with E-state index >= 15 is 0 Å². The van der Waals surface area contributed by atoms with Crippen molar-refractivity contribution in [3.63, 3.8) is 0 Å². The average molecular weight is 427 g/mol. The van der Waals surface area contributed by atoms with Gasteiger partial charge in [0.25, 0.3) is 5.91 Å². The minimum Gasteiger partial charge on any atom is -0.484 e. The molecule has 2 heterocycles. The van der Waals surface area contributed by atoms with Crippen LogP contribution in [0.4, 0.5) is 5.00 Å². The molecular weight excluding hydrogens is 406 g/mol. The molecule has 0 fully saturated rings. The summed E-state index contributed by atoms with van der Waals surface area (Å²) in [5, 5.41) is 14.4. The number of tetrazole rings is 1. The van der Waals surface area contributed by atoms with Gasteiger partial charge < -0.3 is 14.8 Å². The van der Waals surface area contributed by atoms with E-state index in [1.54, 1.807) is 25.1 Å². The standard InChI is InChI=1S/C20H21N5O4S/c1-2-28-20(27)18-15-8-3-4-9-16(15)30-19(18)22-17(26)11-29-14-7-5-6-13(10-14)25-12-21-23-24-25/h5-7,10,12H,2-4,8-9,11H2,1H3,(H,22,26). The Bertz CT molecular complexity index is 1050. The highest BCUT2D eigenvalue weighted by molar-refractivity contribution is 7.17. The monoisotopic (exact) mass is 427 g/mol. The molecule has 156 valence electrons. The van der Waals surface area contributed by atoms with Crippen molar-refractivity contribution in [2.24, 2.45) is 0 Å². The van der Waals surface area contributed by atoms with Gasteiger partial charge in [0.15, 0.2) is 6.61 Å². The summed E-state index contributed by atoms with van der Waals surface area (Å²) in [6.07, 6.45) is 5.34. The van der Waals surface area contributed by atoms with Gasteiger partial charge in [0.05, 0.1) is 17.9 Å². The second-order valence-electron chi connectivity index (χ2n) is 6.72. The molecule has 0 spiro atoms. The number of thiophene rings is 1. The highest BCUT2D eigenvalue weighted by Gasteiger charge is 2.27. The quantitative estimate of drug-likeness (QED) is 0.578. The number of anilines is 1. The number of benzene rings is 1. The van der Waals surface area contributed by atoms with Crippen molar-refractivity contribution in [3.05, 3.63) is 46.6 Å². The summed E-state index contributed by atoms with van der Waals surface area (Å²) >= 11 is 1.45. The van der Waals surface area contributed by atoms with E-state index in [-0.39, 0.29) is 25.1 Å². The van der Waals surface area contributed by atoms with E-state index < -0.39 is 0 Å². The number of hydrogen-bond acceptors (Lipinski definition) is 8. The van der Waals surface area contributed by atoms with Gasteiger partial charge in [0, 0.05) is 10.9 Å². The van der Waals surface area contributed by atoms with E-state index in [0.29, 0.717) is 22.0 Å². The first-order chi connectivity index (χ1) is 14.7. The van der Waals surface area contributed by atoms with Crippen molar-refractivity contribution >= 4 is 28.2 Å². The van der Waals surface area contributed by atoms with Gasteiger partial charge in [0.1, 0.15) is 17.1 Å². The van der Waals surface area contributed by atoms with Crippen molar-refractivity contribution in [1.82, 2.24) is 20.2 Å². The van der Waals surface area contributed by atoms with Crippen LogP contribution < -0.4 is 10.1 Å². The third-order valence-corrected chi connectivity index (χ3v) is 5.91. The van der Waals surface area contributed by atoms with Crippen LogP contribution in [0, 0.1) is 0 Å². The highest BCUT2D eigenvalue weighted by atomic mass is 32.1. The molecule has 0 aliphatic heterocycles. The number of aromatic nitrogens is 4. The lowest BCUT2D eigenvalue weighted by Gasteiger charge is -2.12. The van der Waals surface area contributed by atoms with Crippen LogP contribution in [0.2, 0.25) is 0 Å². The fraction of sp³-hybridized carbons (Fsp3) is 0.350. The maximum atomic E-state index is 12.5. The number of aryl methyl sites for hydroxylation is 1. The predicted molar refractivity (Wildman–Crippen MR) is 110 cm³/mol. The summed E-state index contributed by atoms with van der Waals surface area (Å²) in [7, 11) is 0. The zero-order chi connectivity index (χ0) is 20.9. The molecule has 3 aromatic rings. The molecule has 1 N–H and O–H groups in total. The van der Waals surface area contributed by atoms with Crippen molar-refractivity contribution < 1.29 is 19.1 Å². The van der Waals surface area contributed by atoms with Crippen LogP contribution in [0.1, 0.15) is 40.6 Å². The van der Waals surface area contributed by atoms with Gasteiger partial charge in [-0.25, -0.2) is 9.48 Å². The largest absolute Gasteiger partial charge is 0.484 e. The van der Waals surface area contributed by atoms with Crippen molar-refractivity contribution in [2.45, 2.75) is 32.6 Å². The number of rotatable bonds is 7. The summed E-state index contributed by atoms with van der Waals surface area (Å²) < 4.78 is 12.3. The molecule has 10 heteroatoms. The molecule has 0 saturated carbocycles. The van der Waals surface area contributed by atoms with Crippen molar-refractivity contribution in [1.29, 1.82) is 0 Å². The van der Waals surface area contributed by atoms with E-state index in [0.717, 1.165) is 36.1 Å². The van der Waals surface area contributed by atoms with Crippen LogP contribution >= 0.6 is 11.3 Å². The van der Waals surface area contributed by atoms with Gasteiger partial charge in [-0.2, -0.15) is 0 Å². The number of amides is 1. The van der Waals surface area contributed by atoms with Gasteiger partial charge in [-0.05, 0) is 60.7 Å². The molecular formula is C20H21N5O4S. The first kappa shape index (κ1) is 20.0. The van der Waals surface area contributed by atoms with Gasteiger partial charge in [-0.15, -0.1) is 16.4 Å². The van der Waals surface area contributed by atoms with E-state index in [4.69, 9.17) is 9.47 Å². The van der Waals surface area contributed by atoms with Crippen LogP contribution in [-0.4, -0.2) is 45.3 Å². The average Bonchev–Trinajstić information content (AvgIpc) is 3.40. The van der Waals surface area contributed by atoms with E-state index in [1.165, 1.54) is 22.3 Å². The maximum absolute atomic E-state index is 12.5. The van der Waals surface area contributed by atoms with Gasteiger partial charge in [-0.3, -0.25) is 4.79 Å². The number of nitrogens with zero attached hydrogens (tertiary/aromatic N) is 4. The Kier molecular flexibility index (Phi) is 6.03. The van der Waals surface area contributed by atoms with Crippen molar-refractivity contribution in [3.8, 4) is 11.4 Å². The van der Waals surface area contributed by atoms with Crippen LogP contribution in [0.3, 0.4) is 0 Å². The van der Waals surface area contributed by atoms with Gasteiger partial charge in [0.2, 0.25) is 0 Å². The Morgan fingerprint density at radius 1 is 1.27 bits per heavy atom. The number of carbonyl (C=O) groups excluding carboxylic acids is 2. The van der Waals surface area contributed by atoms with E-state index in [1.807, 2.05) is 6.07 Å². The summed E-state index contributed by atoms with van der Waals surface area (Å²) in [6, 6.07) is 7.09. The number of nitrogens with one attached hydrogen (secondary N) is 1. The topological polar surface area (TPSA) is 108 Å². The minimum atomic E-state index is -0.387. The Labute approximate surface area is 177 Å². The third kappa shape index (κ3) is 4.33. The summed E-state index contributed by atoms with van der Waals surface area (Å²) in [5.41, 5.74) is 2.22. The fourth-order valence-electron chi connectivity index (χ4n) is 3.38. The molecule has 0 atom stereocenters. The molecule has 0 radical (unpaired) electrons. The predicted octanol–water partition coefficient (Wildman–Crippen LogP) is 2.80. The normalized spacial score (nSPS) is 12.8. The lowest BCUT2D eigenvalue weighted by Crippen LogP contribution is -2.21. The molecule has 0 bridgehead atoms. The number of hydrogen-bond donors (Lipinski definition) is 1. The Balaban J connectivity index is 1.45. The summed E-state index contributed by atoms with van der Waals surface area (Å²) in [5.74, 6) is -0.219. The highest BCUT2D eigenvalue weighted by Crippen LogP contribution is 2.38. The van der Waals surface area contributed by atoms with Crippen LogP contribution in [0.15, 0.2) is 30.6 Å². The zero-order valence-electron chi connectivity index (χ0n) is 16.5. The molecule has 1 aliphatic rings. The molecule has 1 amide bonds. The SMILES string of the molecule is CCOC(=O)c1c(NC(=O)COc2cccc(-n3cnnn3)c2)sc2c1CCCC2. The first-order valence-electron chi connectivity index (χ1n) is 9.73.